The van der Waals surface area contributed by atoms with E-state index in [9.17, 15) is 0 Å². The molecule has 0 saturated heterocycles. The summed E-state index contributed by atoms with van der Waals surface area (Å²) < 4.78 is 0. The van der Waals surface area contributed by atoms with Crippen molar-refractivity contribution >= 4 is 11.6 Å². The summed E-state index contributed by atoms with van der Waals surface area (Å²) in [6.07, 6.45) is 1.04. The minimum absolute atomic E-state index is 0.319. The summed E-state index contributed by atoms with van der Waals surface area (Å²) >= 11 is 6.09. The Kier molecular flexibility index (Phi) is 5.22. The molecule has 1 nitrogen and oxygen atoms in total. The molecule has 20 heavy (non-hydrogen) atoms. The average molecular weight is 288 g/mol. The van der Waals surface area contributed by atoms with Gasteiger partial charge in [-0.05, 0) is 43.5 Å². The number of benzene rings is 2. The van der Waals surface area contributed by atoms with Gasteiger partial charge in [-0.2, -0.15) is 0 Å². The second kappa shape index (κ2) is 6.92. The number of aryl methyl sites for hydroxylation is 1. The zero-order chi connectivity index (χ0) is 14.5. The molecule has 0 spiro atoms. The molecule has 0 aliphatic heterocycles. The van der Waals surface area contributed by atoms with Crippen LogP contribution in [0, 0.1) is 6.92 Å². The molecule has 0 radical (unpaired) electrons. The first-order chi connectivity index (χ1) is 9.60. The molecule has 0 saturated carbocycles. The Morgan fingerprint density at radius 1 is 1.05 bits per heavy atom. The number of rotatable bonds is 5. The Labute approximate surface area is 127 Å². The molecular weight excluding hydrogens is 266 g/mol. The lowest BCUT2D eigenvalue weighted by molar-refractivity contribution is 0.456. The van der Waals surface area contributed by atoms with Crippen LogP contribution in [0.3, 0.4) is 0 Å². The molecule has 0 aliphatic rings. The average Bonchev–Trinajstić information content (AvgIpc) is 2.45. The Morgan fingerprint density at radius 3 is 2.35 bits per heavy atom. The molecular formula is C18H22ClN. The van der Waals surface area contributed by atoms with Crippen LogP contribution in [-0.4, -0.2) is 0 Å². The quantitative estimate of drug-likeness (QED) is 0.771. The summed E-state index contributed by atoms with van der Waals surface area (Å²) in [5.41, 5.74) is 3.86. The summed E-state index contributed by atoms with van der Waals surface area (Å²) in [5, 5.41) is 4.48. The molecule has 1 N–H and O–H groups in total. The van der Waals surface area contributed by atoms with Gasteiger partial charge in [0.05, 0.1) is 0 Å². The lowest BCUT2D eigenvalue weighted by atomic mass is 10.0. The zero-order valence-electron chi connectivity index (χ0n) is 12.4. The first-order valence-electron chi connectivity index (χ1n) is 7.18. The summed E-state index contributed by atoms with van der Waals surface area (Å²) in [7, 11) is 0. The van der Waals surface area contributed by atoms with Gasteiger partial charge in [0.1, 0.15) is 0 Å². The lowest BCUT2D eigenvalue weighted by Crippen LogP contribution is -2.24. The van der Waals surface area contributed by atoms with Crippen molar-refractivity contribution in [3.8, 4) is 0 Å². The van der Waals surface area contributed by atoms with Crippen LogP contribution in [0.4, 0.5) is 0 Å². The van der Waals surface area contributed by atoms with Crippen LogP contribution in [0.15, 0.2) is 48.5 Å². The van der Waals surface area contributed by atoms with Crippen molar-refractivity contribution in [1.82, 2.24) is 5.32 Å². The van der Waals surface area contributed by atoms with Crippen LogP contribution in [0.1, 0.15) is 49.0 Å². The molecule has 0 aromatic heterocycles. The van der Waals surface area contributed by atoms with Gasteiger partial charge in [0.25, 0.3) is 0 Å². The van der Waals surface area contributed by atoms with Crippen molar-refractivity contribution in [2.75, 3.05) is 0 Å². The van der Waals surface area contributed by atoms with Crippen molar-refractivity contribution in [1.29, 1.82) is 0 Å². The van der Waals surface area contributed by atoms with Crippen LogP contribution >= 0.6 is 11.6 Å². The second-order valence-electron chi connectivity index (χ2n) is 5.31. The molecule has 2 aromatic carbocycles. The van der Waals surface area contributed by atoms with Gasteiger partial charge < -0.3 is 5.32 Å². The minimum Gasteiger partial charge on any atom is -0.303 e. The highest BCUT2D eigenvalue weighted by molar-refractivity contribution is 6.30. The molecule has 2 rings (SSSR count). The SMILES string of the molecule is CCC(N[C@H](C)c1ccc(C)cc1)c1cccc(Cl)c1. The third-order valence-electron chi connectivity index (χ3n) is 3.69. The zero-order valence-corrected chi connectivity index (χ0v) is 13.1. The summed E-state index contributed by atoms with van der Waals surface area (Å²) in [6, 6.07) is 17.5. The van der Waals surface area contributed by atoms with E-state index in [1.807, 2.05) is 18.2 Å². The monoisotopic (exact) mass is 287 g/mol. The van der Waals surface area contributed by atoms with E-state index in [4.69, 9.17) is 11.6 Å². The van der Waals surface area contributed by atoms with Gasteiger partial charge in [-0.25, -0.2) is 0 Å². The highest BCUT2D eigenvalue weighted by atomic mass is 35.5. The first kappa shape index (κ1) is 15.1. The van der Waals surface area contributed by atoms with E-state index < -0.39 is 0 Å². The van der Waals surface area contributed by atoms with Gasteiger partial charge in [0.15, 0.2) is 0 Å². The maximum atomic E-state index is 6.09. The molecule has 0 fully saturated rings. The predicted octanol–water partition coefficient (Wildman–Crippen LogP) is 5.45. The second-order valence-corrected chi connectivity index (χ2v) is 5.75. The summed E-state index contributed by atoms with van der Waals surface area (Å²) in [5.74, 6) is 0. The molecule has 2 heteroatoms. The normalized spacial score (nSPS) is 14.0. The molecule has 2 atom stereocenters. The van der Waals surface area contributed by atoms with E-state index in [1.165, 1.54) is 16.7 Å². The van der Waals surface area contributed by atoms with E-state index in [0.29, 0.717) is 12.1 Å². The smallest absolute Gasteiger partial charge is 0.0409 e. The fraction of sp³-hybridized carbons (Fsp3) is 0.333. The molecule has 0 amide bonds. The van der Waals surface area contributed by atoms with Crippen LogP contribution in [0.5, 0.6) is 0 Å². The first-order valence-corrected chi connectivity index (χ1v) is 7.56. The topological polar surface area (TPSA) is 12.0 Å². The Hall–Kier alpha value is -1.31. The van der Waals surface area contributed by atoms with Crippen LogP contribution in [0.2, 0.25) is 5.02 Å². The molecule has 106 valence electrons. The fourth-order valence-electron chi connectivity index (χ4n) is 2.43. The van der Waals surface area contributed by atoms with E-state index in [1.54, 1.807) is 0 Å². The predicted molar refractivity (Wildman–Crippen MR) is 87.2 cm³/mol. The van der Waals surface area contributed by atoms with Gasteiger partial charge in [-0.1, -0.05) is 60.5 Å². The Bertz CT molecular complexity index is 548. The maximum Gasteiger partial charge on any atom is 0.0409 e. The minimum atomic E-state index is 0.319. The van der Waals surface area contributed by atoms with Gasteiger partial charge in [-0.15, -0.1) is 0 Å². The number of hydrogen-bond donors (Lipinski definition) is 1. The fourth-order valence-corrected chi connectivity index (χ4v) is 2.62. The van der Waals surface area contributed by atoms with E-state index >= 15 is 0 Å². The third kappa shape index (κ3) is 3.84. The molecule has 0 heterocycles. The lowest BCUT2D eigenvalue weighted by Gasteiger charge is -2.23. The highest BCUT2D eigenvalue weighted by Gasteiger charge is 2.13. The third-order valence-corrected chi connectivity index (χ3v) is 3.92. The van der Waals surface area contributed by atoms with Crippen molar-refractivity contribution in [2.24, 2.45) is 0 Å². The van der Waals surface area contributed by atoms with Gasteiger partial charge >= 0.3 is 0 Å². The summed E-state index contributed by atoms with van der Waals surface area (Å²) in [4.78, 5) is 0. The van der Waals surface area contributed by atoms with Gasteiger partial charge in [-0.3, -0.25) is 0 Å². The van der Waals surface area contributed by atoms with Crippen LogP contribution in [0.25, 0.3) is 0 Å². The Balaban J connectivity index is 2.11. The highest BCUT2D eigenvalue weighted by Crippen LogP contribution is 2.24. The number of halogens is 1. The standard InChI is InChI=1S/C18H22ClN/c1-4-18(16-6-5-7-17(19)12-16)20-14(3)15-10-8-13(2)9-11-15/h5-12,14,18,20H,4H2,1-3H3/t14-,18?/m1/s1. The largest absolute Gasteiger partial charge is 0.303 e. The Morgan fingerprint density at radius 2 is 1.75 bits per heavy atom. The molecule has 1 unspecified atom stereocenters. The van der Waals surface area contributed by atoms with Crippen molar-refractivity contribution < 1.29 is 0 Å². The van der Waals surface area contributed by atoms with Crippen molar-refractivity contribution in [2.45, 2.75) is 39.3 Å². The molecule has 2 aromatic rings. The van der Waals surface area contributed by atoms with E-state index in [2.05, 4.69) is 56.4 Å². The van der Waals surface area contributed by atoms with Crippen LogP contribution < -0.4 is 5.32 Å². The van der Waals surface area contributed by atoms with Gasteiger partial charge in [0, 0.05) is 17.1 Å². The summed E-state index contributed by atoms with van der Waals surface area (Å²) in [6.45, 7) is 6.51. The van der Waals surface area contributed by atoms with Crippen LogP contribution in [-0.2, 0) is 0 Å². The maximum absolute atomic E-state index is 6.09. The number of hydrogen-bond acceptors (Lipinski definition) is 1. The van der Waals surface area contributed by atoms with Gasteiger partial charge in [0.2, 0.25) is 0 Å². The molecule has 0 aliphatic carbocycles. The number of nitrogens with one attached hydrogen (secondary N) is 1. The van der Waals surface area contributed by atoms with Crippen molar-refractivity contribution in [3.05, 3.63) is 70.2 Å². The van der Waals surface area contributed by atoms with Crippen molar-refractivity contribution in [3.63, 3.8) is 0 Å². The van der Waals surface area contributed by atoms with E-state index in [0.717, 1.165) is 11.4 Å². The molecule has 0 bridgehead atoms. The van der Waals surface area contributed by atoms with E-state index in [-0.39, 0.29) is 0 Å².